The lowest BCUT2D eigenvalue weighted by molar-refractivity contribution is -0.897. The summed E-state index contributed by atoms with van der Waals surface area (Å²) in [7, 11) is 0.394. The van der Waals surface area contributed by atoms with Crippen molar-refractivity contribution >= 4 is 18.6 Å². The van der Waals surface area contributed by atoms with E-state index in [1.165, 1.54) is 83.5 Å². The quantitative estimate of drug-likeness (QED) is 0.0638. The maximum Gasteiger partial charge on any atom is 0.469 e. The molecule has 8 nitrogen and oxygen atoms in total. The molecule has 0 spiro atoms. The van der Waals surface area contributed by atoms with Crippen LogP contribution in [-0.4, -0.2) is 90.2 Å². The van der Waals surface area contributed by atoms with Gasteiger partial charge in [-0.25, -0.2) is 4.57 Å². The topological polar surface area (TPSA) is 102 Å². The van der Waals surface area contributed by atoms with Gasteiger partial charge in [-0.2, -0.15) is 0 Å². The first-order valence-corrected chi connectivity index (χ1v) is 18.2. The van der Waals surface area contributed by atoms with Crippen molar-refractivity contribution in [3.05, 3.63) is 0 Å². The SMILES string of the molecule is CCCCCCCCCCCCCCCCCOCC(CC(COP(=O)(O)O)[N+](C)(C)C)OCCS(C)=O. The molecule has 0 aromatic heterocycles. The van der Waals surface area contributed by atoms with Crippen molar-refractivity contribution in [2.24, 2.45) is 0 Å². The third-order valence-corrected chi connectivity index (χ3v) is 8.21. The van der Waals surface area contributed by atoms with Crippen molar-refractivity contribution in [1.82, 2.24) is 0 Å². The smallest absolute Gasteiger partial charge is 0.379 e. The van der Waals surface area contributed by atoms with Crippen LogP contribution >= 0.6 is 7.82 Å². The number of hydrogen-bond acceptors (Lipinski definition) is 5. The van der Waals surface area contributed by atoms with Gasteiger partial charge in [-0.1, -0.05) is 96.8 Å². The monoisotopic (exact) mass is 586 g/mol. The number of quaternary nitrogens is 1. The number of phosphoric ester groups is 1. The number of unbranched alkanes of at least 4 members (excludes halogenated alkanes) is 14. The molecule has 0 bridgehead atoms. The molecule has 0 aromatic carbocycles. The van der Waals surface area contributed by atoms with E-state index in [-0.39, 0.29) is 18.8 Å². The minimum absolute atomic E-state index is 0.0770. The molecule has 2 N–H and O–H groups in total. The van der Waals surface area contributed by atoms with E-state index in [1.807, 2.05) is 21.1 Å². The van der Waals surface area contributed by atoms with Crippen LogP contribution in [0.15, 0.2) is 0 Å². The molecule has 0 aliphatic rings. The second kappa shape index (κ2) is 23.8. The average molecular weight is 587 g/mol. The second-order valence-corrected chi connectivity index (χ2v) is 14.4. The zero-order valence-electron chi connectivity index (χ0n) is 25.2. The Hall–Kier alpha value is 0.140. The van der Waals surface area contributed by atoms with Crippen molar-refractivity contribution < 1.29 is 37.0 Å². The van der Waals surface area contributed by atoms with E-state index in [2.05, 4.69) is 6.92 Å². The first-order valence-electron chi connectivity index (χ1n) is 15.0. The number of nitrogens with zero attached hydrogens (tertiary/aromatic N) is 1. The predicted molar refractivity (Wildman–Crippen MR) is 159 cm³/mol. The molecular weight excluding hydrogens is 525 g/mol. The fourth-order valence-electron chi connectivity index (χ4n) is 4.40. The molecule has 0 aliphatic carbocycles. The van der Waals surface area contributed by atoms with E-state index >= 15 is 0 Å². The highest BCUT2D eigenvalue weighted by Crippen LogP contribution is 2.36. The Morgan fingerprint density at radius 3 is 1.66 bits per heavy atom. The predicted octanol–water partition coefficient (Wildman–Crippen LogP) is 6.21. The highest BCUT2D eigenvalue weighted by Gasteiger charge is 2.31. The molecule has 0 amide bonds. The van der Waals surface area contributed by atoms with Crippen LogP contribution < -0.4 is 0 Å². The van der Waals surface area contributed by atoms with Crippen LogP contribution in [0.25, 0.3) is 0 Å². The van der Waals surface area contributed by atoms with Gasteiger partial charge < -0.3 is 23.7 Å². The molecule has 10 heteroatoms. The van der Waals surface area contributed by atoms with Crippen molar-refractivity contribution in [2.75, 3.05) is 59.6 Å². The molecule has 0 fully saturated rings. The lowest BCUT2D eigenvalue weighted by Crippen LogP contribution is -2.50. The molecule has 0 saturated heterocycles. The zero-order chi connectivity index (χ0) is 28.7. The van der Waals surface area contributed by atoms with E-state index < -0.39 is 18.6 Å². The summed E-state index contributed by atoms with van der Waals surface area (Å²) in [5.74, 6) is 0.448. The third-order valence-electron chi connectivity index (χ3n) is 6.99. The summed E-state index contributed by atoms with van der Waals surface area (Å²) in [4.78, 5) is 18.3. The normalized spacial score (nSPS) is 15.0. The minimum atomic E-state index is -4.54. The van der Waals surface area contributed by atoms with Gasteiger partial charge in [0, 0.05) is 35.8 Å². The summed E-state index contributed by atoms with van der Waals surface area (Å²) in [6.45, 7) is 3.63. The van der Waals surface area contributed by atoms with E-state index in [0.717, 1.165) is 12.8 Å². The van der Waals surface area contributed by atoms with Crippen molar-refractivity contribution in [3.63, 3.8) is 0 Å². The van der Waals surface area contributed by atoms with Crippen molar-refractivity contribution in [2.45, 2.75) is 122 Å². The Balaban J connectivity index is 4.08. The fourth-order valence-corrected chi connectivity index (χ4v) is 5.10. The molecule has 38 heavy (non-hydrogen) atoms. The first-order chi connectivity index (χ1) is 18.0. The minimum Gasteiger partial charge on any atom is -0.379 e. The van der Waals surface area contributed by atoms with Gasteiger partial charge in [-0.05, 0) is 6.42 Å². The number of ether oxygens (including phenoxy) is 2. The molecule has 0 rings (SSSR count). The second-order valence-electron chi connectivity index (χ2n) is 11.6. The van der Waals surface area contributed by atoms with E-state index in [4.69, 9.17) is 23.8 Å². The van der Waals surface area contributed by atoms with E-state index in [9.17, 15) is 8.77 Å². The van der Waals surface area contributed by atoms with Crippen molar-refractivity contribution in [3.8, 4) is 0 Å². The van der Waals surface area contributed by atoms with Gasteiger partial charge in [0.1, 0.15) is 12.6 Å². The molecule has 0 aromatic rings. The van der Waals surface area contributed by atoms with Gasteiger partial charge in [0.2, 0.25) is 0 Å². The Morgan fingerprint density at radius 2 is 1.24 bits per heavy atom. The van der Waals surface area contributed by atoms with Crippen LogP contribution in [0.5, 0.6) is 0 Å². The summed E-state index contributed by atoms with van der Waals surface area (Å²) in [5.41, 5.74) is 0. The van der Waals surface area contributed by atoms with Gasteiger partial charge >= 0.3 is 7.82 Å². The summed E-state index contributed by atoms with van der Waals surface area (Å²) in [5, 5.41) is 0. The maximum absolute atomic E-state index is 11.4. The Bertz CT molecular complexity index is 612. The van der Waals surface area contributed by atoms with Gasteiger partial charge in [0.25, 0.3) is 0 Å². The summed E-state index contributed by atoms with van der Waals surface area (Å²) < 4.78 is 39.8. The molecule has 0 heterocycles. The zero-order valence-corrected chi connectivity index (χ0v) is 27.0. The van der Waals surface area contributed by atoms with Crippen LogP contribution in [0.4, 0.5) is 0 Å². The summed E-state index contributed by atoms with van der Waals surface area (Å²) in [6, 6.07) is -0.186. The van der Waals surface area contributed by atoms with Crippen LogP contribution in [0.3, 0.4) is 0 Å². The average Bonchev–Trinajstić information content (AvgIpc) is 2.81. The molecule has 3 unspecified atom stereocenters. The third kappa shape index (κ3) is 26.4. The molecule has 0 saturated carbocycles. The van der Waals surface area contributed by atoms with Gasteiger partial charge in [-0.3, -0.25) is 8.73 Å². The van der Waals surface area contributed by atoms with Crippen LogP contribution in [-0.2, 0) is 29.4 Å². The largest absolute Gasteiger partial charge is 0.469 e. The number of rotatable bonds is 28. The van der Waals surface area contributed by atoms with Crippen LogP contribution in [0.1, 0.15) is 110 Å². The van der Waals surface area contributed by atoms with Crippen LogP contribution in [0.2, 0.25) is 0 Å². The lowest BCUT2D eigenvalue weighted by Gasteiger charge is -2.36. The Labute approximate surface area is 236 Å². The molecule has 0 radical (unpaired) electrons. The molecule has 3 atom stereocenters. The molecular formula is C28H61NO7PS+. The van der Waals surface area contributed by atoms with Gasteiger partial charge in [-0.15, -0.1) is 0 Å². The van der Waals surface area contributed by atoms with Crippen molar-refractivity contribution in [1.29, 1.82) is 0 Å². The molecule has 230 valence electrons. The summed E-state index contributed by atoms with van der Waals surface area (Å²) in [6.07, 6.45) is 21.8. The molecule has 0 aliphatic heterocycles. The van der Waals surface area contributed by atoms with E-state index in [1.54, 1.807) is 6.26 Å². The van der Waals surface area contributed by atoms with E-state index in [0.29, 0.717) is 36.5 Å². The van der Waals surface area contributed by atoms with Crippen LogP contribution in [0, 0.1) is 0 Å². The first kappa shape index (κ1) is 38.1. The maximum atomic E-state index is 11.4. The Morgan fingerprint density at radius 1 is 0.763 bits per heavy atom. The standard InChI is InChI=1S/C28H60NO7PS/c1-6-7-8-9-10-11-12-13-14-15-16-17-18-19-20-21-34-26-28(35-22-23-38(5)33)24-27(29(2,3)4)25-36-37(30,31)32/h27-28H,6-26H2,1-5H3,(H-,30,31,32)/p+1. The number of hydrogen-bond donors (Lipinski definition) is 2. The highest BCUT2D eigenvalue weighted by molar-refractivity contribution is 7.84. The number of likely N-dealkylation sites (N-methyl/N-ethyl adjacent to an activating group) is 1. The lowest BCUT2D eigenvalue weighted by atomic mass is 10.0. The summed E-state index contributed by atoms with van der Waals surface area (Å²) >= 11 is 0. The van der Waals surface area contributed by atoms with Gasteiger partial charge in [0.05, 0.1) is 40.5 Å². The highest BCUT2D eigenvalue weighted by atomic mass is 32.2. The number of phosphoric acid groups is 1. The van der Waals surface area contributed by atoms with Gasteiger partial charge in [0.15, 0.2) is 0 Å². The Kier molecular flexibility index (Phi) is 23.9. The fraction of sp³-hybridized carbons (Fsp3) is 1.00.